The summed E-state index contributed by atoms with van der Waals surface area (Å²) >= 11 is 2.09. The molecule has 0 spiro atoms. The van der Waals surface area contributed by atoms with E-state index in [9.17, 15) is 0 Å². The average molecular weight is 290 g/mol. The summed E-state index contributed by atoms with van der Waals surface area (Å²) in [5.41, 5.74) is 1.56. The molecule has 2 aliphatic heterocycles. The molecule has 1 aromatic carbocycles. The molecule has 3 heteroatoms. The SMILES string of the molecule is CCC1CN(C)CCCN1CC1Cc2ccccc2S1. The van der Waals surface area contributed by atoms with Crippen molar-refractivity contribution in [2.75, 3.05) is 33.2 Å². The van der Waals surface area contributed by atoms with Crippen molar-refractivity contribution in [2.45, 2.75) is 42.4 Å². The van der Waals surface area contributed by atoms with Gasteiger partial charge in [-0.15, -0.1) is 11.8 Å². The Balaban J connectivity index is 1.63. The molecule has 2 nitrogen and oxygen atoms in total. The minimum absolute atomic E-state index is 0.742. The van der Waals surface area contributed by atoms with Gasteiger partial charge in [0.15, 0.2) is 0 Å². The van der Waals surface area contributed by atoms with E-state index in [1.807, 2.05) is 0 Å². The minimum atomic E-state index is 0.742. The third-order valence-electron chi connectivity index (χ3n) is 4.65. The van der Waals surface area contributed by atoms with Crippen molar-refractivity contribution < 1.29 is 0 Å². The number of nitrogens with zero attached hydrogens (tertiary/aromatic N) is 2. The molecule has 2 heterocycles. The molecule has 0 saturated carbocycles. The highest BCUT2D eigenvalue weighted by Gasteiger charge is 2.28. The molecule has 0 radical (unpaired) electrons. The van der Waals surface area contributed by atoms with Crippen LogP contribution in [-0.2, 0) is 6.42 Å². The van der Waals surface area contributed by atoms with Gasteiger partial charge in [-0.1, -0.05) is 25.1 Å². The second kappa shape index (κ2) is 6.50. The minimum Gasteiger partial charge on any atom is -0.305 e. The van der Waals surface area contributed by atoms with Crippen LogP contribution in [0, 0.1) is 0 Å². The van der Waals surface area contributed by atoms with Crippen molar-refractivity contribution in [1.82, 2.24) is 9.80 Å². The van der Waals surface area contributed by atoms with Gasteiger partial charge in [0.05, 0.1) is 0 Å². The molecule has 0 bridgehead atoms. The zero-order valence-corrected chi connectivity index (χ0v) is 13.5. The lowest BCUT2D eigenvalue weighted by molar-refractivity contribution is 0.184. The zero-order valence-electron chi connectivity index (χ0n) is 12.7. The zero-order chi connectivity index (χ0) is 13.9. The first-order valence-electron chi connectivity index (χ1n) is 7.93. The van der Waals surface area contributed by atoms with Crippen LogP contribution in [0.2, 0.25) is 0 Å². The van der Waals surface area contributed by atoms with Gasteiger partial charge in [-0.25, -0.2) is 0 Å². The lowest BCUT2D eigenvalue weighted by Crippen LogP contribution is -2.42. The number of benzene rings is 1. The second-order valence-corrected chi connectivity index (χ2v) is 7.57. The lowest BCUT2D eigenvalue weighted by Gasteiger charge is -2.31. The first kappa shape index (κ1) is 14.4. The highest BCUT2D eigenvalue weighted by Crippen LogP contribution is 2.37. The number of likely N-dealkylation sites (N-methyl/N-ethyl adjacent to an activating group) is 1. The van der Waals surface area contributed by atoms with Crippen molar-refractivity contribution in [3.63, 3.8) is 0 Å². The highest BCUT2D eigenvalue weighted by atomic mass is 32.2. The van der Waals surface area contributed by atoms with Crippen molar-refractivity contribution in [3.8, 4) is 0 Å². The van der Waals surface area contributed by atoms with Gasteiger partial charge in [-0.05, 0) is 51.0 Å². The summed E-state index contributed by atoms with van der Waals surface area (Å²) in [4.78, 5) is 6.77. The molecular weight excluding hydrogens is 264 g/mol. The molecule has 1 fully saturated rings. The number of hydrogen-bond donors (Lipinski definition) is 0. The van der Waals surface area contributed by atoms with Crippen molar-refractivity contribution in [1.29, 1.82) is 0 Å². The summed E-state index contributed by atoms with van der Waals surface area (Å²) in [6.07, 6.45) is 3.84. The maximum absolute atomic E-state index is 2.76. The van der Waals surface area contributed by atoms with Crippen LogP contribution >= 0.6 is 11.8 Å². The van der Waals surface area contributed by atoms with Crippen LogP contribution in [0.25, 0.3) is 0 Å². The summed E-state index contributed by atoms with van der Waals surface area (Å²) in [6.45, 7) is 7.36. The monoisotopic (exact) mass is 290 g/mol. The summed E-state index contributed by atoms with van der Waals surface area (Å²) in [7, 11) is 2.27. The van der Waals surface area contributed by atoms with Gasteiger partial charge >= 0.3 is 0 Å². The number of hydrogen-bond acceptors (Lipinski definition) is 3. The summed E-state index contributed by atoms with van der Waals surface area (Å²) in [5, 5.41) is 0.754. The third-order valence-corrected chi connectivity index (χ3v) is 5.95. The van der Waals surface area contributed by atoms with Crippen molar-refractivity contribution >= 4 is 11.8 Å². The molecule has 0 aromatic heterocycles. The molecule has 110 valence electrons. The second-order valence-electron chi connectivity index (χ2n) is 6.22. The van der Waals surface area contributed by atoms with Crippen molar-refractivity contribution in [2.24, 2.45) is 0 Å². The van der Waals surface area contributed by atoms with E-state index in [0.29, 0.717) is 0 Å². The third kappa shape index (κ3) is 3.21. The largest absolute Gasteiger partial charge is 0.305 e. The summed E-state index contributed by atoms with van der Waals surface area (Å²) < 4.78 is 0. The average Bonchev–Trinajstić information content (AvgIpc) is 2.77. The van der Waals surface area contributed by atoms with Gasteiger partial charge in [-0.2, -0.15) is 0 Å². The summed E-state index contributed by atoms with van der Waals surface area (Å²) in [5.74, 6) is 0. The first-order chi connectivity index (χ1) is 9.76. The van der Waals surface area contributed by atoms with E-state index < -0.39 is 0 Å². The van der Waals surface area contributed by atoms with E-state index in [4.69, 9.17) is 0 Å². The topological polar surface area (TPSA) is 6.48 Å². The Morgan fingerprint density at radius 1 is 1.25 bits per heavy atom. The molecule has 2 unspecified atom stereocenters. The highest BCUT2D eigenvalue weighted by molar-refractivity contribution is 8.00. The van der Waals surface area contributed by atoms with Crippen LogP contribution in [0.4, 0.5) is 0 Å². The quantitative estimate of drug-likeness (QED) is 0.844. The van der Waals surface area contributed by atoms with Crippen LogP contribution in [-0.4, -0.2) is 54.3 Å². The van der Waals surface area contributed by atoms with Crippen LogP contribution in [0.3, 0.4) is 0 Å². The molecule has 2 aliphatic rings. The normalized spacial score (nSPS) is 28.3. The summed E-state index contributed by atoms with van der Waals surface area (Å²) in [6, 6.07) is 9.68. The van der Waals surface area contributed by atoms with E-state index >= 15 is 0 Å². The van der Waals surface area contributed by atoms with Crippen LogP contribution in [0.1, 0.15) is 25.3 Å². The Morgan fingerprint density at radius 3 is 2.90 bits per heavy atom. The maximum atomic E-state index is 2.76. The van der Waals surface area contributed by atoms with Gasteiger partial charge in [0.2, 0.25) is 0 Å². The molecule has 0 N–H and O–H groups in total. The van der Waals surface area contributed by atoms with Gasteiger partial charge in [0.1, 0.15) is 0 Å². The maximum Gasteiger partial charge on any atom is 0.0263 e. The predicted molar refractivity (Wildman–Crippen MR) is 87.6 cm³/mol. The number of fused-ring (bicyclic) bond motifs is 1. The smallest absolute Gasteiger partial charge is 0.0263 e. The van der Waals surface area contributed by atoms with Gasteiger partial charge in [0.25, 0.3) is 0 Å². The van der Waals surface area contributed by atoms with Gasteiger partial charge in [-0.3, -0.25) is 4.90 Å². The lowest BCUT2D eigenvalue weighted by atomic mass is 10.1. The first-order valence-corrected chi connectivity index (χ1v) is 8.81. The van der Waals surface area contributed by atoms with Crippen LogP contribution in [0.5, 0.6) is 0 Å². The predicted octanol–water partition coefficient (Wildman–Crippen LogP) is 3.12. The van der Waals surface area contributed by atoms with Crippen LogP contribution < -0.4 is 0 Å². The van der Waals surface area contributed by atoms with E-state index in [1.54, 1.807) is 5.56 Å². The Labute approximate surface area is 127 Å². The van der Waals surface area contributed by atoms with E-state index in [1.165, 1.54) is 50.3 Å². The van der Waals surface area contributed by atoms with Gasteiger partial charge in [0, 0.05) is 29.3 Å². The molecule has 0 aliphatic carbocycles. The Morgan fingerprint density at radius 2 is 2.10 bits per heavy atom. The van der Waals surface area contributed by atoms with E-state index in [2.05, 4.69) is 59.8 Å². The Hall–Kier alpha value is -0.510. The molecule has 0 amide bonds. The fourth-order valence-corrected chi connectivity index (χ4v) is 4.89. The number of thioether (sulfide) groups is 1. The van der Waals surface area contributed by atoms with E-state index in [0.717, 1.165) is 11.3 Å². The Bertz CT molecular complexity index is 423. The standard InChI is InChI=1S/C17H26N2S/c1-3-15-12-18(2)9-6-10-19(15)13-16-11-14-7-4-5-8-17(14)20-16/h4-5,7-8,15-16H,3,6,9-13H2,1-2H3. The van der Waals surface area contributed by atoms with Crippen molar-refractivity contribution in [3.05, 3.63) is 29.8 Å². The molecule has 20 heavy (non-hydrogen) atoms. The fourth-order valence-electron chi connectivity index (χ4n) is 3.54. The Kier molecular flexibility index (Phi) is 4.69. The molecular formula is C17H26N2S. The molecule has 2 atom stereocenters. The number of rotatable bonds is 3. The van der Waals surface area contributed by atoms with Gasteiger partial charge < -0.3 is 4.90 Å². The molecule has 3 rings (SSSR count). The van der Waals surface area contributed by atoms with E-state index in [-0.39, 0.29) is 0 Å². The molecule has 1 aromatic rings. The fraction of sp³-hybridized carbons (Fsp3) is 0.647. The van der Waals surface area contributed by atoms with Crippen LogP contribution in [0.15, 0.2) is 29.2 Å². The molecule has 1 saturated heterocycles.